The molecule has 1 heterocycles. The Bertz CT molecular complexity index is 458. The van der Waals surface area contributed by atoms with Crippen molar-refractivity contribution in [2.24, 2.45) is 0 Å². The molecule has 2 aromatic rings. The van der Waals surface area contributed by atoms with Crippen molar-refractivity contribution in [2.75, 3.05) is 0 Å². The van der Waals surface area contributed by atoms with Crippen LogP contribution < -0.4 is 0 Å². The predicted molar refractivity (Wildman–Crippen MR) is 62.2 cm³/mol. The first kappa shape index (κ1) is 9.59. The maximum absolute atomic E-state index is 7.49. The van der Waals surface area contributed by atoms with Crippen LogP contribution in [0.1, 0.15) is 12.5 Å². The van der Waals surface area contributed by atoms with Crippen molar-refractivity contribution < 1.29 is 0 Å². The van der Waals surface area contributed by atoms with Crippen LogP contribution in [0.4, 0.5) is 0 Å². The first-order valence-corrected chi connectivity index (χ1v) is 4.84. The molecule has 0 spiro atoms. The zero-order valence-corrected chi connectivity index (χ0v) is 8.57. The smallest absolute Gasteiger partial charge is 0.0701 e. The summed E-state index contributed by atoms with van der Waals surface area (Å²) >= 11 is 0. The maximum atomic E-state index is 7.49. The van der Waals surface area contributed by atoms with Crippen LogP contribution in [0.3, 0.4) is 0 Å². The van der Waals surface area contributed by atoms with Crippen LogP contribution in [0.25, 0.3) is 11.3 Å². The van der Waals surface area contributed by atoms with Gasteiger partial charge >= 0.3 is 0 Å². The summed E-state index contributed by atoms with van der Waals surface area (Å²) in [6, 6.07) is 13.7. The standard InChI is InChI=1S/C13H12N2/c1-10(14)11-5-7-12(8-6-11)13-4-2-3-9-15-13/h2-9,14H,1H3. The highest BCUT2D eigenvalue weighted by atomic mass is 14.7. The summed E-state index contributed by atoms with van der Waals surface area (Å²) in [5.41, 5.74) is 3.59. The molecule has 0 aliphatic heterocycles. The molecule has 2 rings (SSSR count). The van der Waals surface area contributed by atoms with Crippen molar-refractivity contribution in [3.8, 4) is 11.3 Å². The number of aromatic nitrogens is 1. The molecule has 1 aromatic heterocycles. The zero-order valence-electron chi connectivity index (χ0n) is 8.57. The van der Waals surface area contributed by atoms with E-state index in [0.717, 1.165) is 16.8 Å². The molecule has 0 atom stereocenters. The third kappa shape index (κ3) is 2.10. The lowest BCUT2D eigenvalue weighted by Gasteiger charge is -2.02. The molecular weight excluding hydrogens is 184 g/mol. The molecule has 1 aromatic carbocycles. The second kappa shape index (κ2) is 4.05. The van der Waals surface area contributed by atoms with Gasteiger partial charge in [-0.05, 0) is 24.6 Å². The Morgan fingerprint density at radius 1 is 1.07 bits per heavy atom. The Hall–Kier alpha value is -1.96. The molecule has 0 aliphatic rings. The van der Waals surface area contributed by atoms with E-state index >= 15 is 0 Å². The Balaban J connectivity index is 2.36. The monoisotopic (exact) mass is 196 g/mol. The second-order valence-corrected chi connectivity index (χ2v) is 3.42. The van der Waals surface area contributed by atoms with Gasteiger partial charge in [0.05, 0.1) is 5.69 Å². The minimum atomic E-state index is 0.586. The van der Waals surface area contributed by atoms with Crippen LogP contribution in [0.5, 0.6) is 0 Å². The molecule has 0 saturated heterocycles. The second-order valence-electron chi connectivity index (χ2n) is 3.42. The molecule has 2 nitrogen and oxygen atoms in total. The number of hydrogen-bond donors (Lipinski definition) is 1. The molecule has 0 radical (unpaired) electrons. The summed E-state index contributed by atoms with van der Waals surface area (Å²) in [6.07, 6.45) is 1.78. The molecule has 74 valence electrons. The van der Waals surface area contributed by atoms with Gasteiger partial charge in [0.15, 0.2) is 0 Å². The van der Waals surface area contributed by atoms with Gasteiger partial charge in [0.1, 0.15) is 0 Å². The van der Waals surface area contributed by atoms with Gasteiger partial charge in [0, 0.05) is 17.5 Å². The van der Waals surface area contributed by atoms with E-state index < -0.39 is 0 Å². The average molecular weight is 196 g/mol. The van der Waals surface area contributed by atoms with E-state index in [4.69, 9.17) is 5.41 Å². The van der Waals surface area contributed by atoms with E-state index in [1.54, 1.807) is 13.1 Å². The molecule has 2 heteroatoms. The molecule has 15 heavy (non-hydrogen) atoms. The zero-order chi connectivity index (χ0) is 10.7. The normalized spacial score (nSPS) is 9.93. The van der Waals surface area contributed by atoms with Gasteiger partial charge in [0.2, 0.25) is 0 Å². The molecule has 0 amide bonds. The Kier molecular flexibility index (Phi) is 2.59. The summed E-state index contributed by atoms with van der Waals surface area (Å²) in [5.74, 6) is 0. The van der Waals surface area contributed by atoms with Crippen molar-refractivity contribution in [1.29, 1.82) is 5.41 Å². The minimum Gasteiger partial charge on any atom is -0.305 e. The van der Waals surface area contributed by atoms with Gasteiger partial charge < -0.3 is 5.41 Å². The number of hydrogen-bond acceptors (Lipinski definition) is 2. The van der Waals surface area contributed by atoms with Gasteiger partial charge in [-0.25, -0.2) is 0 Å². The van der Waals surface area contributed by atoms with Crippen molar-refractivity contribution in [3.63, 3.8) is 0 Å². The van der Waals surface area contributed by atoms with Crippen LogP contribution in [0, 0.1) is 5.41 Å². The summed E-state index contributed by atoms with van der Waals surface area (Å²) in [4.78, 5) is 4.27. The van der Waals surface area contributed by atoms with E-state index in [1.807, 2.05) is 42.5 Å². The number of pyridine rings is 1. The average Bonchev–Trinajstić information content (AvgIpc) is 2.30. The fourth-order valence-corrected chi connectivity index (χ4v) is 1.42. The lowest BCUT2D eigenvalue weighted by molar-refractivity contribution is 1.32. The topological polar surface area (TPSA) is 36.7 Å². The molecule has 1 N–H and O–H groups in total. The molecule has 0 unspecified atom stereocenters. The van der Waals surface area contributed by atoms with Gasteiger partial charge in [-0.1, -0.05) is 30.3 Å². The van der Waals surface area contributed by atoms with E-state index in [1.165, 1.54) is 0 Å². The highest BCUT2D eigenvalue weighted by Crippen LogP contribution is 2.16. The van der Waals surface area contributed by atoms with Crippen molar-refractivity contribution in [3.05, 3.63) is 54.2 Å². The third-order valence-electron chi connectivity index (χ3n) is 2.28. The number of nitrogens with one attached hydrogen (secondary N) is 1. The summed E-state index contributed by atoms with van der Waals surface area (Å²) in [6.45, 7) is 1.79. The number of benzene rings is 1. The SMILES string of the molecule is CC(=N)c1ccc(-c2ccccn2)cc1. The first-order valence-electron chi connectivity index (χ1n) is 4.84. The Labute approximate surface area is 89.1 Å². The van der Waals surface area contributed by atoms with Crippen LogP contribution in [-0.2, 0) is 0 Å². The van der Waals surface area contributed by atoms with Crippen LogP contribution in [0.15, 0.2) is 48.7 Å². The molecular formula is C13H12N2. The van der Waals surface area contributed by atoms with Gasteiger partial charge in [-0.15, -0.1) is 0 Å². The predicted octanol–water partition coefficient (Wildman–Crippen LogP) is 3.14. The highest BCUT2D eigenvalue weighted by Gasteiger charge is 1.98. The molecule has 0 saturated carbocycles. The fourth-order valence-electron chi connectivity index (χ4n) is 1.42. The molecule has 0 fully saturated rings. The summed E-state index contributed by atoms with van der Waals surface area (Å²) in [7, 11) is 0. The summed E-state index contributed by atoms with van der Waals surface area (Å²) < 4.78 is 0. The van der Waals surface area contributed by atoms with Crippen molar-refractivity contribution >= 4 is 5.71 Å². The fraction of sp³-hybridized carbons (Fsp3) is 0.0769. The van der Waals surface area contributed by atoms with E-state index in [-0.39, 0.29) is 0 Å². The maximum Gasteiger partial charge on any atom is 0.0701 e. The van der Waals surface area contributed by atoms with E-state index in [9.17, 15) is 0 Å². The van der Waals surface area contributed by atoms with Crippen LogP contribution >= 0.6 is 0 Å². The quantitative estimate of drug-likeness (QED) is 0.736. The van der Waals surface area contributed by atoms with E-state index in [0.29, 0.717) is 5.71 Å². The molecule has 0 bridgehead atoms. The highest BCUT2D eigenvalue weighted by molar-refractivity contribution is 5.96. The van der Waals surface area contributed by atoms with Crippen molar-refractivity contribution in [2.45, 2.75) is 6.92 Å². The number of nitrogens with zero attached hydrogens (tertiary/aromatic N) is 1. The first-order chi connectivity index (χ1) is 7.27. The minimum absolute atomic E-state index is 0.586. The largest absolute Gasteiger partial charge is 0.305 e. The third-order valence-corrected chi connectivity index (χ3v) is 2.28. The van der Waals surface area contributed by atoms with Gasteiger partial charge in [-0.2, -0.15) is 0 Å². The van der Waals surface area contributed by atoms with Crippen molar-refractivity contribution in [1.82, 2.24) is 4.98 Å². The Morgan fingerprint density at radius 2 is 1.80 bits per heavy atom. The van der Waals surface area contributed by atoms with E-state index in [2.05, 4.69) is 4.98 Å². The van der Waals surface area contributed by atoms with Gasteiger partial charge in [-0.3, -0.25) is 4.98 Å². The van der Waals surface area contributed by atoms with Crippen LogP contribution in [0.2, 0.25) is 0 Å². The number of rotatable bonds is 2. The molecule has 0 aliphatic carbocycles. The lowest BCUT2D eigenvalue weighted by Crippen LogP contribution is -1.91. The Morgan fingerprint density at radius 3 is 2.33 bits per heavy atom. The van der Waals surface area contributed by atoms with Gasteiger partial charge in [0.25, 0.3) is 0 Å². The lowest BCUT2D eigenvalue weighted by atomic mass is 10.1. The summed E-state index contributed by atoms with van der Waals surface area (Å²) in [5, 5.41) is 7.49. The van der Waals surface area contributed by atoms with Crippen LogP contribution in [-0.4, -0.2) is 10.7 Å².